The number of nitrogens with two attached hydrogens (primary N) is 1. The Morgan fingerprint density at radius 2 is 1.84 bits per heavy atom. The molecule has 1 amide bonds. The number of pyridine rings is 1. The molecule has 2 aromatic heterocycles. The number of methoxy groups -OCH3 is 1. The van der Waals surface area contributed by atoms with Crippen molar-refractivity contribution in [3.63, 3.8) is 0 Å². The van der Waals surface area contributed by atoms with E-state index in [1.807, 2.05) is 32.9 Å². The first-order valence-corrected chi connectivity index (χ1v) is 11.6. The normalized spacial score (nSPS) is 10.1. The Labute approximate surface area is 214 Å². The number of fused-ring (bicyclic) bond motifs is 1. The number of aromatic amines is 1. The number of ether oxygens (including phenoxy) is 1. The second kappa shape index (κ2) is 13.8. The summed E-state index contributed by atoms with van der Waals surface area (Å²) in [5.74, 6) is -0.201. The summed E-state index contributed by atoms with van der Waals surface area (Å²) in [7, 11) is 4.23. The Hall–Kier alpha value is -4.15. The molecule has 0 bridgehead atoms. The molecule has 4 rings (SSSR count). The molecule has 0 aliphatic carbocycles. The maximum Gasteiger partial charge on any atom is 0.278 e. The third-order valence-electron chi connectivity index (χ3n) is 5.05. The van der Waals surface area contributed by atoms with Gasteiger partial charge in [-0.25, -0.2) is 14.9 Å². The Kier molecular flexibility index (Phi) is 10.9. The fourth-order valence-corrected chi connectivity index (χ4v) is 3.57. The van der Waals surface area contributed by atoms with Crippen molar-refractivity contribution in [3.8, 4) is 17.0 Å². The van der Waals surface area contributed by atoms with Crippen molar-refractivity contribution in [2.75, 3.05) is 21.3 Å². The summed E-state index contributed by atoms with van der Waals surface area (Å²) in [5.41, 5.74) is 9.85. The van der Waals surface area contributed by atoms with Crippen molar-refractivity contribution in [1.29, 1.82) is 0 Å². The number of nitrogens with one attached hydrogen (secondary N) is 2. The van der Waals surface area contributed by atoms with Gasteiger partial charge < -0.3 is 15.5 Å². The number of carbonyl (C=O) groups excluding carboxylic acids is 1. The first kappa shape index (κ1) is 29.1. The standard InChI is InChI=1S/C24H21FN4O4.C2H6.CH5N/c1-13-6-15(9-16(25)7-13)19-5-4-14(12-26-19)8-22-27-20-10-18(24(31)29-33-3)21(32-2)11-17(20)23(30)28-22;2*1-2/h4-7,9-12H,8H2,1-3H3,(H,29,31)(H,27,28,30);1-2H3;2H2,1H3. The van der Waals surface area contributed by atoms with Crippen LogP contribution in [-0.2, 0) is 11.3 Å². The molecule has 10 heteroatoms. The van der Waals surface area contributed by atoms with Gasteiger partial charge in [0.2, 0.25) is 0 Å². The predicted octanol–water partition coefficient (Wildman–Crippen LogP) is 3.92. The SMILES string of the molecule is CC.CN.CONC(=O)c1cc2nc(Cc3ccc(-c4cc(C)cc(F)c4)nc3)[nH]c(=O)c2cc1OC. The van der Waals surface area contributed by atoms with Crippen molar-refractivity contribution < 1.29 is 18.8 Å². The summed E-state index contributed by atoms with van der Waals surface area (Å²) in [5, 5.41) is 0.291. The lowest BCUT2D eigenvalue weighted by molar-refractivity contribution is 0.0535. The molecule has 0 fully saturated rings. The monoisotopic (exact) mass is 509 g/mol. The zero-order chi connectivity index (χ0) is 27.5. The topological polar surface area (TPSA) is 132 Å². The summed E-state index contributed by atoms with van der Waals surface area (Å²) in [6.07, 6.45) is 1.97. The molecule has 196 valence electrons. The number of carbonyl (C=O) groups is 1. The van der Waals surface area contributed by atoms with E-state index in [0.29, 0.717) is 34.4 Å². The van der Waals surface area contributed by atoms with Crippen molar-refractivity contribution >= 4 is 16.8 Å². The van der Waals surface area contributed by atoms with Gasteiger partial charge in [-0.15, -0.1) is 0 Å². The minimum Gasteiger partial charge on any atom is -0.496 e. The number of H-pyrrole nitrogens is 1. The number of hydrogen-bond acceptors (Lipinski definition) is 7. The van der Waals surface area contributed by atoms with Gasteiger partial charge in [0, 0.05) is 18.2 Å². The molecule has 0 saturated heterocycles. The van der Waals surface area contributed by atoms with Gasteiger partial charge in [0.05, 0.1) is 36.4 Å². The zero-order valence-corrected chi connectivity index (χ0v) is 21.8. The van der Waals surface area contributed by atoms with E-state index in [-0.39, 0.29) is 22.7 Å². The van der Waals surface area contributed by atoms with Gasteiger partial charge >= 0.3 is 0 Å². The Morgan fingerprint density at radius 1 is 1.11 bits per heavy atom. The lowest BCUT2D eigenvalue weighted by Gasteiger charge is -2.10. The van der Waals surface area contributed by atoms with Gasteiger partial charge in [-0.1, -0.05) is 19.9 Å². The number of rotatable bonds is 6. The number of halogens is 1. The van der Waals surface area contributed by atoms with Crippen LogP contribution in [-0.4, -0.2) is 42.1 Å². The van der Waals surface area contributed by atoms with Crippen molar-refractivity contribution in [2.45, 2.75) is 27.2 Å². The largest absolute Gasteiger partial charge is 0.496 e. The lowest BCUT2D eigenvalue weighted by Crippen LogP contribution is -2.23. The Morgan fingerprint density at radius 3 is 2.43 bits per heavy atom. The maximum atomic E-state index is 13.7. The molecule has 2 heterocycles. The fraction of sp³-hybridized carbons (Fsp3) is 0.259. The average molecular weight is 510 g/mol. The maximum absolute atomic E-state index is 13.7. The molecule has 0 atom stereocenters. The number of benzene rings is 2. The zero-order valence-electron chi connectivity index (χ0n) is 21.8. The van der Waals surface area contributed by atoms with Gasteiger partial charge in [0.25, 0.3) is 11.5 Å². The third-order valence-corrected chi connectivity index (χ3v) is 5.05. The van der Waals surface area contributed by atoms with Crippen molar-refractivity contribution in [3.05, 3.63) is 87.3 Å². The second-order valence-electron chi connectivity index (χ2n) is 7.46. The highest BCUT2D eigenvalue weighted by Gasteiger charge is 2.16. The summed E-state index contributed by atoms with van der Waals surface area (Å²) in [6.45, 7) is 5.82. The Bertz CT molecular complexity index is 1380. The molecule has 0 aliphatic heterocycles. The fourth-order valence-electron chi connectivity index (χ4n) is 3.57. The second-order valence-corrected chi connectivity index (χ2v) is 7.46. The van der Waals surface area contributed by atoms with Gasteiger partial charge in [-0.2, -0.15) is 0 Å². The average Bonchev–Trinajstić information content (AvgIpc) is 2.90. The van der Waals surface area contributed by atoms with Crippen LogP contribution in [0.1, 0.15) is 41.2 Å². The highest BCUT2D eigenvalue weighted by Crippen LogP contribution is 2.24. The van der Waals surface area contributed by atoms with E-state index in [4.69, 9.17) is 4.74 Å². The van der Waals surface area contributed by atoms with Crippen LogP contribution in [0.5, 0.6) is 5.75 Å². The van der Waals surface area contributed by atoms with E-state index < -0.39 is 5.91 Å². The van der Waals surface area contributed by atoms with Gasteiger partial charge in [-0.05, 0) is 61.5 Å². The minimum atomic E-state index is -0.521. The van der Waals surface area contributed by atoms with Gasteiger partial charge in [0.1, 0.15) is 17.4 Å². The molecule has 0 spiro atoms. The van der Waals surface area contributed by atoms with Crippen LogP contribution >= 0.6 is 0 Å². The van der Waals surface area contributed by atoms with Gasteiger partial charge in [-0.3, -0.25) is 19.4 Å². The van der Waals surface area contributed by atoms with Crippen molar-refractivity contribution in [1.82, 2.24) is 20.4 Å². The van der Waals surface area contributed by atoms with E-state index in [9.17, 15) is 14.0 Å². The van der Waals surface area contributed by atoms with E-state index in [2.05, 4.69) is 31.0 Å². The molecule has 2 aromatic carbocycles. The molecule has 4 N–H and O–H groups in total. The number of hydrogen-bond donors (Lipinski definition) is 3. The molecule has 0 unspecified atom stereocenters. The highest BCUT2D eigenvalue weighted by molar-refractivity contribution is 6.00. The molecule has 0 radical (unpaired) electrons. The molecular formula is C27H32FN5O4. The van der Waals surface area contributed by atoms with Crippen LogP contribution in [0.25, 0.3) is 22.2 Å². The van der Waals surface area contributed by atoms with Crippen LogP contribution in [0.4, 0.5) is 4.39 Å². The summed E-state index contributed by atoms with van der Waals surface area (Å²) >= 11 is 0. The third kappa shape index (κ3) is 7.18. The highest BCUT2D eigenvalue weighted by atomic mass is 19.1. The lowest BCUT2D eigenvalue weighted by atomic mass is 10.1. The molecule has 37 heavy (non-hydrogen) atoms. The molecule has 9 nitrogen and oxygen atoms in total. The van der Waals surface area contributed by atoms with Crippen LogP contribution in [0.2, 0.25) is 0 Å². The molecular weight excluding hydrogens is 477 g/mol. The van der Waals surface area contributed by atoms with Crippen LogP contribution < -0.4 is 21.5 Å². The molecule has 0 saturated carbocycles. The quantitative estimate of drug-likeness (QED) is 0.336. The van der Waals surface area contributed by atoms with Crippen molar-refractivity contribution in [2.24, 2.45) is 5.73 Å². The first-order valence-electron chi connectivity index (χ1n) is 11.6. The number of amides is 1. The first-order chi connectivity index (χ1) is 17.9. The van der Waals surface area contributed by atoms with Crippen LogP contribution in [0.15, 0.2) is 53.5 Å². The van der Waals surface area contributed by atoms with E-state index in [1.165, 1.54) is 45.5 Å². The molecule has 0 aliphatic rings. The minimum absolute atomic E-state index is 0.187. The number of nitrogens with zero attached hydrogens (tertiary/aromatic N) is 2. The van der Waals surface area contributed by atoms with E-state index in [1.54, 1.807) is 12.3 Å². The smallest absolute Gasteiger partial charge is 0.278 e. The summed E-state index contributed by atoms with van der Waals surface area (Å²) < 4.78 is 18.9. The number of aromatic nitrogens is 3. The van der Waals surface area contributed by atoms with E-state index in [0.717, 1.165) is 11.1 Å². The van der Waals surface area contributed by atoms with E-state index >= 15 is 0 Å². The number of aryl methyl sites for hydroxylation is 1. The van der Waals surface area contributed by atoms with Gasteiger partial charge in [0.15, 0.2) is 0 Å². The number of hydroxylamine groups is 1. The molecule has 4 aromatic rings. The summed E-state index contributed by atoms with van der Waals surface area (Å²) in [6, 6.07) is 11.3. The van der Waals surface area contributed by atoms with Crippen LogP contribution in [0, 0.1) is 12.7 Å². The predicted molar refractivity (Wildman–Crippen MR) is 142 cm³/mol. The Balaban J connectivity index is 0.00000115. The van der Waals surface area contributed by atoms with Crippen LogP contribution in [0.3, 0.4) is 0 Å². The summed E-state index contributed by atoms with van der Waals surface area (Å²) in [4.78, 5) is 41.3.